The van der Waals surface area contributed by atoms with Gasteiger partial charge in [0.15, 0.2) is 0 Å². The molecule has 2 aromatic rings. The Morgan fingerprint density at radius 3 is 2.67 bits per heavy atom. The molecule has 1 aromatic carbocycles. The molecule has 0 aliphatic carbocycles. The molecule has 0 N–H and O–H groups in total. The Morgan fingerprint density at radius 2 is 2.04 bits per heavy atom. The van der Waals surface area contributed by atoms with Crippen LogP contribution in [0.15, 0.2) is 30.5 Å². The van der Waals surface area contributed by atoms with Crippen molar-refractivity contribution in [1.29, 1.82) is 0 Å². The molecule has 0 bridgehead atoms. The number of ether oxygens (including phenoxy) is 1. The molecule has 6 nitrogen and oxygen atoms in total. The molecule has 0 fully saturated rings. The normalized spacial score (nSPS) is 16.6. The Balaban J connectivity index is 1.97. The molecule has 0 saturated carbocycles. The van der Waals surface area contributed by atoms with Gasteiger partial charge in [-0.05, 0) is 18.1 Å². The lowest BCUT2D eigenvalue weighted by atomic mass is 9.93. The summed E-state index contributed by atoms with van der Waals surface area (Å²) in [6.07, 6.45) is 1.85. The molecule has 7 heteroatoms. The fourth-order valence-electron chi connectivity index (χ4n) is 2.91. The van der Waals surface area contributed by atoms with Gasteiger partial charge >= 0.3 is 5.97 Å². The van der Waals surface area contributed by atoms with Gasteiger partial charge in [-0.3, -0.25) is 9.48 Å². The van der Waals surface area contributed by atoms with E-state index in [0.29, 0.717) is 13.0 Å². The minimum atomic E-state index is -0.663. The van der Waals surface area contributed by atoms with Gasteiger partial charge in [-0.25, -0.2) is 4.79 Å². The number of hydrogen-bond acceptors (Lipinski definition) is 4. The Bertz CT molecular complexity index is 787. The Kier molecular flexibility index (Phi) is 4.57. The zero-order valence-electron chi connectivity index (χ0n) is 13.5. The summed E-state index contributed by atoms with van der Waals surface area (Å²) in [5.41, 5.74) is 2.36. The molecular formula is C17H18ClN3O3. The van der Waals surface area contributed by atoms with E-state index < -0.39 is 12.0 Å². The molecule has 1 aliphatic rings. The topological polar surface area (TPSA) is 64.4 Å². The van der Waals surface area contributed by atoms with Crippen LogP contribution in [0.25, 0.3) is 0 Å². The largest absolute Gasteiger partial charge is 0.464 e. The van der Waals surface area contributed by atoms with Crippen molar-refractivity contribution in [3.05, 3.63) is 52.3 Å². The second-order valence-corrected chi connectivity index (χ2v) is 6.00. The Morgan fingerprint density at radius 1 is 1.33 bits per heavy atom. The van der Waals surface area contributed by atoms with Crippen molar-refractivity contribution >= 4 is 23.5 Å². The van der Waals surface area contributed by atoms with Crippen LogP contribution in [0.4, 0.5) is 0 Å². The van der Waals surface area contributed by atoms with E-state index >= 15 is 0 Å². The maximum Gasteiger partial charge on any atom is 0.329 e. The highest BCUT2D eigenvalue weighted by atomic mass is 35.5. The number of halogens is 1. The molecule has 0 spiro atoms. The van der Waals surface area contributed by atoms with Crippen LogP contribution in [-0.4, -0.2) is 39.2 Å². The van der Waals surface area contributed by atoms with E-state index in [1.807, 2.05) is 24.3 Å². The number of esters is 1. The third kappa shape index (κ3) is 2.89. The number of aromatic nitrogens is 2. The SMILES string of the molecule is CCOC(=O)C1Cc2ccccc2CN1C(=O)c1cnn(C)c1Cl. The minimum Gasteiger partial charge on any atom is -0.464 e. The molecule has 1 atom stereocenters. The Labute approximate surface area is 145 Å². The average Bonchev–Trinajstić information content (AvgIpc) is 2.92. The summed E-state index contributed by atoms with van der Waals surface area (Å²) < 4.78 is 6.58. The van der Waals surface area contributed by atoms with E-state index in [0.717, 1.165) is 11.1 Å². The van der Waals surface area contributed by atoms with E-state index in [-0.39, 0.29) is 23.2 Å². The van der Waals surface area contributed by atoms with Crippen LogP contribution in [0.5, 0.6) is 0 Å². The summed E-state index contributed by atoms with van der Waals surface area (Å²) in [4.78, 5) is 26.8. The first kappa shape index (κ1) is 16.5. The quantitative estimate of drug-likeness (QED) is 0.798. The first-order valence-electron chi connectivity index (χ1n) is 7.74. The predicted molar refractivity (Wildman–Crippen MR) is 88.7 cm³/mol. The molecule has 1 aliphatic heterocycles. The molecule has 24 heavy (non-hydrogen) atoms. The van der Waals surface area contributed by atoms with Gasteiger partial charge in [0, 0.05) is 20.0 Å². The number of amides is 1. The molecule has 1 amide bonds. The van der Waals surface area contributed by atoms with Gasteiger partial charge in [-0.15, -0.1) is 0 Å². The van der Waals surface area contributed by atoms with Crippen molar-refractivity contribution in [3.63, 3.8) is 0 Å². The number of nitrogens with zero attached hydrogens (tertiary/aromatic N) is 3. The summed E-state index contributed by atoms with van der Waals surface area (Å²) in [5, 5.41) is 4.26. The van der Waals surface area contributed by atoms with Gasteiger partial charge in [0.25, 0.3) is 5.91 Å². The second kappa shape index (κ2) is 6.65. The maximum absolute atomic E-state index is 12.9. The van der Waals surface area contributed by atoms with Gasteiger partial charge in [0.1, 0.15) is 11.2 Å². The van der Waals surface area contributed by atoms with E-state index in [4.69, 9.17) is 16.3 Å². The van der Waals surface area contributed by atoms with Crippen LogP contribution in [0, 0.1) is 0 Å². The summed E-state index contributed by atoms with van der Waals surface area (Å²) in [5.74, 6) is -0.721. The number of hydrogen-bond donors (Lipinski definition) is 0. The van der Waals surface area contributed by atoms with Crippen LogP contribution in [0.2, 0.25) is 5.15 Å². The fraction of sp³-hybridized carbons (Fsp3) is 0.353. The lowest BCUT2D eigenvalue weighted by Gasteiger charge is -2.35. The summed E-state index contributed by atoms with van der Waals surface area (Å²) >= 11 is 6.15. The van der Waals surface area contributed by atoms with Crippen molar-refractivity contribution in [2.24, 2.45) is 7.05 Å². The molecule has 0 radical (unpaired) electrons. The van der Waals surface area contributed by atoms with E-state index in [9.17, 15) is 9.59 Å². The highest BCUT2D eigenvalue weighted by molar-refractivity contribution is 6.32. The molecular weight excluding hydrogens is 330 g/mol. The van der Waals surface area contributed by atoms with Crippen LogP contribution >= 0.6 is 11.6 Å². The van der Waals surface area contributed by atoms with Crippen molar-refractivity contribution in [2.75, 3.05) is 6.61 Å². The number of benzene rings is 1. The van der Waals surface area contributed by atoms with Crippen molar-refractivity contribution < 1.29 is 14.3 Å². The first-order valence-corrected chi connectivity index (χ1v) is 8.12. The smallest absolute Gasteiger partial charge is 0.329 e. The predicted octanol–water partition coefficient (Wildman–Crippen LogP) is 2.20. The minimum absolute atomic E-state index is 0.251. The number of carbonyl (C=O) groups is 2. The highest BCUT2D eigenvalue weighted by Crippen LogP contribution is 2.27. The monoisotopic (exact) mass is 347 g/mol. The molecule has 0 saturated heterocycles. The number of aryl methyl sites for hydroxylation is 1. The summed E-state index contributed by atoms with van der Waals surface area (Å²) in [6, 6.07) is 7.12. The lowest BCUT2D eigenvalue weighted by molar-refractivity contribution is -0.149. The van der Waals surface area contributed by atoms with Crippen LogP contribution in [0.3, 0.4) is 0 Å². The lowest BCUT2D eigenvalue weighted by Crippen LogP contribution is -2.49. The summed E-state index contributed by atoms with van der Waals surface area (Å²) in [6.45, 7) is 2.36. The maximum atomic E-state index is 12.9. The van der Waals surface area contributed by atoms with E-state index in [2.05, 4.69) is 5.10 Å². The van der Waals surface area contributed by atoms with Gasteiger partial charge in [-0.2, -0.15) is 5.10 Å². The third-order valence-electron chi connectivity index (χ3n) is 4.16. The Hall–Kier alpha value is -2.34. The standard InChI is InChI=1S/C17H18ClN3O3/c1-3-24-17(23)14-8-11-6-4-5-7-12(11)10-21(14)16(22)13-9-19-20(2)15(13)18/h4-7,9,14H,3,8,10H2,1-2H3. The van der Waals surface area contributed by atoms with Crippen LogP contribution in [0.1, 0.15) is 28.4 Å². The zero-order valence-corrected chi connectivity index (χ0v) is 14.3. The molecule has 3 rings (SSSR count). The molecule has 1 unspecified atom stereocenters. The molecule has 126 valence electrons. The van der Waals surface area contributed by atoms with Crippen molar-refractivity contribution in [3.8, 4) is 0 Å². The van der Waals surface area contributed by atoms with Crippen LogP contribution in [-0.2, 0) is 29.5 Å². The van der Waals surface area contributed by atoms with Gasteiger partial charge < -0.3 is 9.64 Å². The number of rotatable bonds is 3. The number of fused-ring (bicyclic) bond motifs is 1. The molecule has 2 heterocycles. The van der Waals surface area contributed by atoms with Crippen molar-refractivity contribution in [1.82, 2.24) is 14.7 Å². The fourth-order valence-corrected chi connectivity index (χ4v) is 3.08. The van der Waals surface area contributed by atoms with E-state index in [1.54, 1.807) is 14.0 Å². The second-order valence-electron chi connectivity index (χ2n) is 5.65. The first-order chi connectivity index (χ1) is 11.5. The average molecular weight is 348 g/mol. The molecule has 1 aromatic heterocycles. The number of carbonyl (C=O) groups excluding carboxylic acids is 2. The highest BCUT2D eigenvalue weighted by Gasteiger charge is 2.37. The van der Waals surface area contributed by atoms with Gasteiger partial charge in [-0.1, -0.05) is 35.9 Å². The zero-order chi connectivity index (χ0) is 17.3. The van der Waals surface area contributed by atoms with Crippen LogP contribution < -0.4 is 0 Å². The third-order valence-corrected chi connectivity index (χ3v) is 4.61. The van der Waals surface area contributed by atoms with Gasteiger partial charge in [0.2, 0.25) is 0 Å². The van der Waals surface area contributed by atoms with Gasteiger partial charge in [0.05, 0.1) is 18.4 Å². The summed E-state index contributed by atoms with van der Waals surface area (Å²) in [7, 11) is 1.66. The van der Waals surface area contributed by atoms with Crippen molar-refractivity contribution in [2.45, 2.75) is 25.9 Å². The van der Waals surface area contributed by atoms with E-state index in [1.165, 1.54) is 15.8 Å².